The monoisotopic (exact) mass is 270 g/mol. The Balaban J connectivity index is 2.21. The minimum atomic E-state index is -3.82. The number of nitrogens with two attached hydrogens (primary N) is 1. The molecule has 0 aromatic heterocycles. The smallest absolute Gasteiger partial charge is 0.238 e. The van der Waals surface area contributed by atoms with Crippen molar-refractivity contribution in [3.05, 3.63) is 35.7 Å². The van der Waals surface area contributed by atoms with Crippen LogP contribution in [0, 0.1) is 5.82 Å². The summed E-state index contributed by atoms with van der Waals surface area (Å²) in [5.74, 6) is -0.481. The van der Waals surface area contributed by atoms with E-state index in [0.717, 1.165) is 25.7 Å². The van der Waals surface area contributed by atoms with E-state index in [1.165, 1.54) is 18.6 Å². The van der Waals surface area contributed by atoms with Gasteiger partial charge in [-0.2, -0.15) is 0 Å². The second-order valence-electron chi connectivity index (χ2n) is 4.28. The van der Waals surface area contributed by atoms with Crippen molar-refractivity contribution in [3.63, 3.8) is 0 Å². The molecule has 1 aliphatic rings. The zero-order chi connectivity index (χ0) is 13.2. The van der Waals surface area contributed by atoms with Gasteiger partial charge in [-0.1, -0.05) is 12.2 Å². The molecule has 1 aliphatic heterocycles. The van der Waals surface area contributed by atoms with E-state index in [0.29, 0.717) is 0 Å². The first-order valence-electron chi connectivity index (χ1n) is 5.68. The summed E-state index contributed by atoms with van der Waals surface area (Å²) >= 11 is 0. The molecule has 1 heterocycles. The number of rotatable bonds is 4. The molecule has 4 nitrogen and oxygen atoms in total. The Kier molecular flexibility index (Phi) is 3.79. The summed E-state index contributed by atoms with van der Waals surface area (Å²) in [7, 11) is -3.82. The molecule has 2 rings (SSSR count). The predicted molar refractivity (Wildman–Crippen MR) is 67.9 cm³/mol. The van der Waals surface area contributed by atoms with Gasteiger partial charge in [0.05, 0.1) is 4.90 Å². The lowest BCUT2D eigenvalue weighted by Crippen LogP contribution is -2.36. The van der Waals surface area contributed by atoms with Gasteiger partial charge >= 0.3 is 0 Å². The van der Waals surface area contributed by atoms with Gasteiger partial charge in [-0.05, 0) is 43.3 Å². The number of sulfonamides is 1. The molecule has 18 heavy (non-hydrogen) atoms. The van der Waals surface area contributed by atoms with Crippen molar-refractivity contribution in [1.82, 2.24) is 4.90 Å². The molecule has 0 aliphatic carbocycles. The lowest BCUT2D eigenvalue weighted by molar-refractivity contribution is 0.203. The molecule has 0 unspecified atom stereocenters. The van der Waals surface area contributed by atoms with Gasteiger partial charge in [-0.15, -0.1) is 0 Å². The first-order chi connectivity index (χ1) is 8.47. The molecular formula is C12H15FN2O2S. The second kappa shape index (κ2) is 5.17. The topological polar surface area (TPSA) is 63.4 Å². The Morgan fingerprint density at radius 3 is 2.67 bits per heavy atom. The van der Waals surface area contributed by atoms with E-state index < -0.39 is 15.8 Å². The van der Waals surface area contributed by atoms with E-state index in [-0.39, 0.29) is 10.5 Å². The number of likely N-dealkylation sites (tertiary alicyclic amines) is 1. The average Bonchev–Trinajstić information content (AvgIpc) is 2.20. The van der Waals surface area contributed by atoms with Crippen LogP contribution in [0.2, 0.25) is 0 Å². The fourth-order valence-electron chi connectivity index (χ4n) is 1.80. The first-order valence-corrected chi connectivity index (χ1v) is 7.23. The van der Waals surface area contributed by atoms with E-state index in [9.17, 15) is 12.8 Å². The van der Waals surface area contributed by atoms with Gasteiger partial charge in [0.25, 0.3) is 0 Å². The van der Waals surface area contributed by atoms with Crippen LogP contribution in [0.1, 0.15) is 12.0 Å². The summed E-state index contributed by atoms with van der Waals surface area (Å²) in [6.07, 6.45) is 4.61. The average molecular weight is 270 g/mol. The van der Waals surface area contributed by atoms with Crippen LogP contribution < -0.4 is 5.14 Å². The molecule has 1 fully saturated rings. The van der Waals surface area contributed by atoms with Crippen molar-refractivity contribution in [3.8, 4) is 0 Å². The van der Waals surface area contributed by atoms with Crippen molar-refractivity contribution in [2.75, 3.05) is 19.6 Å². The molecule has 0 atom stereocenters. The van der Waals surface area contributed by atoms with Gasteiger partial charge in [-0.3, -0.25) is 4.90 Å². The van der Waals surface area contributed by atoms with E-state index in [1.54, 1.807) is 6.08 Å². The van der Waals surface area contributed by atoms with Crippen LogP contribution in [0.25, 0.3) is 6.08 Å². The molecule has 1 saturated heterocycles. The lowest BCUT2D eigenvalue weighted by atomic mass is 10.2. The van der Waals surface area contributed by atoms with Crippen LogP contribution in [0.5, 0.6) is 0 Å². The van der Waals surface area contributed by atoms with Crippen LogP contribution in [0.15, 0.2) is 29.2 Å². The van der Waals surface area contributed by atoms with Gasteiger partial charge in [0.15, 0.2) is 0 Å². The Morgan fingerprint density at radius 2 is 2.11 bits per heavy atom. The highest BCUT2D eigenvalue weighted by Crippen LogP contribution is 2.17. The maximum atomic E-state index is 13.1. The van der Waals surface area contributed by atoms with Gasteiger partial charge in [0.1, 0.15) is 5.82 Å². The van der Waals surface area contributed by atoms with Crippen LogP contribution >= 0.6 is 0 Å². The number of hydrogen-bond acceptors (Lipinski definition) is 3. The third-order valence-electron chi connectivity index (χ3n) is 2.89. The van der Waals surface area contributed by atoms with Crippen molar-refractivity contribution >= 4 is 16.1 Å². The van der Waals surface area contributed by atoms with E-state index >= 15 is 0 Å². The summed E-state index contributed by atoms with van der Waals surface area (Å²) < 4.78 is 35.8. The third-order valence-corrected chi connectivity index (χ3v) is 3.87. The van der Waals surface area contributed by atoms with Gasteiger partial charge in [0, 0.05) is 6.54 Å². The molecule has 1 aromatic carbocycles. The number of hydrogen-bond donors (Lipinski definition) is 1. The van der Waals surface area contributed by atoms with Crippen molar-refractivity contribution in [2.45, 2.75) is 11.3 Å². The highest BCUT2D eigenvalue weighted by atomic mass is 32.2. The molecule has 0 radical (unpaired) electrons. The minimum Gasteiger partial charge on any atom is -0.300 e. The number of benzene rings is 1. The van der Waals surface area contributed by atoms with Crippen LogP contribution in [0.3, 0.4) is 0 Å². The van der Waals surface area contributed by atoms with Crippen LogP contribution in [-0.4, -0.2) is 33.0 Å². The molecule has 0 bridgehead atoms. The summed E-state index contributed by atoms with van der Waals surface area (Å²) in [5.41, 5.74) is 0.290. The van der Waals surface area contributed by atoms with E-state index in [1.807, 2.05) is 6.08 Å². The van der Waals surface area contributed by atoms with Gasteiger partial charge in [-0.25, -0.2) is 17.9 Å². The Morgan fingerprint density at radius 1 is 1.39 bits per heavy atom. The fraction of sp³-hybridized carbons (Fsp3) is 0.333. The summed E-state index contributed by atoms with van der Waals surface area (Å²) in [5, 5.41) is 5.08. The predicted octanol–water partition coefficient (Wildman–Crippen LogP) is 1.19. The van der Waals surface area contributed by atoms with Gasteiger partial charge in [0.2, 0.25) is 10.0 Å². The van der Waals surface area contributed by atoms with Crippen molar-refractivity contribution in [2.24, 2.45) is 5.14 Å². The number of nitrogens with zero attached hydrogens (tertiary/aromatic N) is 1. The maximum Gasteiger partial charge on any atom is 0.238 e. The molecule has 0 amide bonds. The highest BCUT2D eigenvalue weighted by Gasteiger charge is 2.14. The van der Waals surface area contributed by atoms with E-state index in [2.05, 4.69) is 4.90 Å². The van der Waals surface area contributed by atoms with E-state index in [4.69, 9.17) is 5.14 Å². The lowest BCUT2D eigenvalue weighted by Gasteiger charge is -2.29. The minimum absolute atomic E-state index is 0.0521. The third kappa shape index (κ3) is 3.16. The first kappa shape index (κ1) is 13.2. The SMILES string of the molecule is NS(=O)(=O)c1ccc(F)cc1/C=C\CN1CCC1. The van der Waals surface area contributed by atoms with Crippen LogP contribution in [-0.2, 0) is 10.0 Å². The molecule has 2 N–H and O–H groups in total. The Labute approximate surface area is 106 Å². The number of primary sulfonamides is 1. The standard InChI is InChI=1S/C12H15FN2O2S/c13-11-4-5-12(18(14,16)17)10(9-11)3-1-6-15-7-2-8-15/h1,3-5,9H,2,6-8H2,(H2,14,16,17)/b3-1-. The zero-order valence-corrected chi connectivity index (χ0v) is 10.7. The molecule has 0 saturated carbocycles. The fourth-order valence-corrected chi connectivity index (χ4v) is 2.51. The molecular weight excluding hydrogens is 255 g/mol. The molecule has 0 spiro atoms. The van der Waals surface area contributed by atoms with Gasteiger partial charge < -0.3 is 0 Å². The Hall–Kier alpha value is -1.24. The Bertz CT molecular complexity index is 565. The largest absolute Gasteiger partial charge is 0.300 e. The van der Waals surface area contributed by atoms with Crippen LogP contribution in [0.4, 0.5) is 4.39 Å². The zero-order valence-electron chi connectivity index (χ0n) is 9.84. The quantitative estimate of drug-likeness (QED) is 0.894. The number of halogens is 1. The molecule has 98 valence electrons. The highest BCUT2D eigenvalue weighted by molar-refractivity contribution is 7.89. The van der Waals surface area contributed by atoms with Crippen molar-refractivity contribution in [1.29, 1.82) is 0 Å². The summed E-state index contributed by atoms with van der Waals surface area (Å²) in [4.78, 5) is 2.15. The maximum absolute atomic E-state index is 13.1. The second-order valence-corrected chi connectivity index (χ2v) is 5.81. The summed E-state index contributed by atoms with van der Waals surface area (Å²) in [6, 6.07) is 3.45. The summed E-state index contributed by atoms with van der Waals surface area (Å²) in [6.45, 7) is 2.84. The van der Waals surface area contributed by atoms with Crippen molar-refractivity contribution < 1.29 is 12.8 Å². The molecule has 6 heteroatoms. The normalized spacial score (nSPS) is 17.0. The molecule has 1 aromatic rings.